The van der Waals surface area contributed by atoms with Gasteiger partial charge in [0.2, 0.25) is 0 Å². The quantitative estimate of drug-likeness (QED) is 0.445. The van der Waals surface area contributed by atoms with E-state index in [9.17, 15) is 0 Å². The smallest absolute Gasteiger partial charge is 0.0970 e. The van der Waals surface area contributed by atoms with Gasteiger partial charge in [-0.15, -0.1) is 0 Å². The third kappa shape index (κ3) is 7.88. The molecular formula is C7H17NO2. The summed E-state index contributed by atoms with van der Waals surface area (Å²) in [5.41, 5.74) is 0.0927. The monoisotopic (exact) mass is 147 g/mol. The summed E-state index contributed by atoms with van der Waals surface area (Å²) in [5.74, 6) is 0. The highest BCUT2D eigenvalue weighted by Gasteiger charge is 2.06. The SMILES string of the molecule is CC(C)(C)NCOCCO. The van der Waals surface area contributed by atoms with E-state index in [1.807, 2.05) is 0 Å². The molecule has 0 saturated heterocycles. The van der Waals surface area contributed by atoms with Crippen LogP contribution in [0, 0.1) is 0 Å². The summed E-state index contributed by atoms with van der Waals surface area (Å²) in [4.78, 5) is 0. The van der Waals surface area contributed by atoms with E-state index in [-0.39, 0.29) is 12.1 Å². The van der Waals surface area contributed by atoms with Crippen LogP contribution in [0.4, 0.5) is 0 Å². The maximum Gasteiger partial charge on any atom is 0.0970 e. The molecule has 0 spiro atoms. The summed E-state index contributed by atoms with van der Waals surface area (Å²) in [6.45, 7) is 7.19. The lowest BCUT2D eigenvalue weighted by molar-refractivity contribution is 0.0676. The van der Waals surface area contributed by atoms with Crippen LogP contribution < -0.4 is 5.32 Å². The molecule has 0 aromatic rings. The first kappa shape index (κ1) is 9.88. The van der Waals surface area contributed by atoms with Gasteiger partial charge in [0.1, 0.15) is 0 Å². The minimum atomic E-state index is 0.0891. The number of hydrogen-bond donors (Lipinski definition) is 2. The molecule has 0 amide bonds. The van der Waals surface area contributed by atoms with Gasteiger partial charge in [0.15, 0.2) is 0 Å². The zero-order chi connectivity index (χ0) is 8.04. The zero-order valence-electron chi connectivity index (χ0n) is 6.98. The van der Waals surface area contributed by atoms with E-state index in [1.54, 1.807) is 0 Å². The van der Waals surface area contributed by atoms with Crippen LogP contribution in [0.3, 0.4) is 0 Å². The van der Waals surface area contributed by atoms with Crippen molar-refractivity contribution in [3.63, 3.8) is 0 Å². The molecule has 0 heterocycles. The van der Waals surface area contributed by atoms with Crippen LogP contribution in [0.5, 0.6) is 0 Å². The third-order valence-corrected chi connectivity index (χ3v) is 0.940. The van der Waals surface area contributed by atoms with Crippen LogP contribution in [0.15, 0.2) is 0 Å². The Morgan fingerprint density at radius 1 is 1.40 bits per heavy atom. The van der Waals surface area contributed by atoms with Gasteiger partial charge in [-0.1, -0.05) is 0 Å². The second-order valence-electron chi connectivity index (χ2n) is 3.20. The van der Waals surface area contributed by atoms with E-state index in [4.69, 9.17) is 9.84 Å². The van der Waals surface area contributed by atoms with Crippen molar-refractivity contribution in [2.45, 2.75) is 26.3 Å². The lowest BCUT2D eigenvalue weighted by Crippen LogP contribution is -2.37. The molecule has 0 atom stereocenters. The fourth-order valence-electron chi connectivity index (χ4n) is 0.404. The molecule has 10 heavy (non-hydrogen) atoms. The number of ether oxygens (including phenoxy) is 1. The molecule has 0 fully saturated rings. The number of hydrogen-bond acceptors (Lipinski definition) is 3. The van der Waals surface area contributed by atoms with Gasteiger partial charge in [0, 0.05) is 5.54 Å². The van der Waals surface area contributed by atoms with E-state index < -0.39 is 0 Å². The standard InChI is InChI=1S/C7H17NO2/c1-7(2,3)8-6-10-5-4-9/h8-9H,4-6H2,1-3H3. The van der Waals surface area contributed by atoms with Gasteiger partial charge in [-0.3, -0.25) is 5.32 Å². The molecule has 0 bridgehead atoms. The van der Waals surface area contributed by atoms with Gasteiger partial charge >= 0.3 is 0 Å². The second-order valence-corrected chi connectivity index (χ2v) is 3.20. The Bertz CT molecular complexity index is 78.2. The van der Waals surface area contributed by atoms with E-state index >= 15 is 0 Å². The zero-order valence-corrected chi connectivity index (χ0v) is 6.98. The summed E-state index contributed by atoms with van der Waals surface area (Å²) in [7, 11) is 0. The van der Waals surface area contributed by atoms with Gasteiger partial charge in [0.25, 0.3) is 0 Å². The molecule has 0 aliphatic heterocycles. The fourth-order valence-corrected chi connectivity index (χ4v) is 0.404. The van der Waals surface area contributed by atoms with E-state index in [0.29, 0.717) is 13.3 Å². The second kappa shape index (κ2) is 4.66. The Labute approximate surface area is 62.4 Å². The minimum absolute atomic E-state index is 0.0891. The molecule has 0 aromatic carbocycles. The predicted molar refractivity (Wildman–Crippen MR) is 40.8 cm³/mol. The first-order chi connectivity index (χ1) is 4.56. The summed E-state index contributed by atoms with van der Waals surface area (Å²) < 4.78 is 5.00. The van der Waals surface area contributed by atoms with Crippen molar-refractivity contribution in [1.82, 2.24) is 5.32 Å². The van der Waals surface area contributed by atoms with Crippen molar-refractivity contribution in [1.29, 1.82) is 0 Å². The Morgan fingerprint density at radius 3 is 2.40 bits per heavy atom. The summed E-state index contributed by atoms with van der Waals surface area (Å²) in [5, 5.41) is 11.5. The van der Waals surface area contributed by atoms with Crippen LogP contribution in [0.25, 0.3) is 0 Å². The summed E-state index contributed by atoms with van der Waals surface area (Å²) in [6.07, 6.45) is 0. The first-order valence-electron chi connectivity index (χ1n) is 3.50. The summed E-state index contributed by atoms with van der Waals surface area (Å²) >= 11 is 0. The number of aliphatic hydroxyl groups excluding tert-OH is 1. The van der Waals surface area contributed by atoms with Crippen LogP contribution in [0.2, 0.25) is 0 Å². The molecule has 62 valence electrons. The van der Waals surface area contributed by atoms with Crippen LogP contribution in [0.1, 0.15) is 20.8 Å². The minimum Gasteiger partial charge on any atom is -0.394 e. The Balaban J connectivity index is 3.04. The Kier molecular flexibility index (Phi) is 4.60. The Morgan fingerprint density at radius 2 is 2.00 bits per heavy atom. The van der Waals surface area contributed by atoms with E-state index in [2.05, 4.69) is 26.1 Å². The predicted octanol–water partition coefficient (Wildman–Crippen LogP) is 0.341. The summed E-state index contributed by atoms with van der Waals surface area (Å²) in [6, 6.07) is 0. The molecule has 0 rings (SSSR count). The topological polar surface area (TPSA) is 41.5 Å². The van der Waals surface area contributed by atoms with Crippen molar-refractivity contribution in [3.05, 3.63) is 0 Å². The first-order valence-corrected chi connectivity index (χ1v) is 3.50. The van der Waals surface area contributed by atoms with Gasteiger partial charge < -0.3 is 9.84 Å². The Hall–Kier alpha value is -0.120. The van der Waals surface area contributed by atoms with Gasteiger partial charge in [-0.2, -0.15) is 0 Å². The third-order valence-electron chi connectivity index (χ3n) is 0.940. The molecule has 0 aliphatic rings. The average molecular weight is 147 g/mol. The molecule has 2 N–H and O–H groups in total. The molecule has 0 radical (unpaired) electrons. The number of nitrogens with one attached hydrogen (secondary N) is 1. The van der Waals surface area contributed by atoms with Crippen molar-refractivity contribution < 1.29 is 9.84 Å². The van der Waals surface area contributed by atoms with Gasteiger partial charge in [-0.05, 0) is 20.8 Å². The highest BCUT2D eigenvalue weighted by atomic mass is 16.5. The fraction of sp³-hybridized carbons (Fsp3) is 1.00. The van der Waals surface area contributed by atoms with Crippen LogP contribution in [-0.2, 0) is 4.74 Å². The normalized spacial score (nSPS) is 12.0. The number of rotatable bonds is 4. The molecular weight excluding hydrogens is 130 g/mol. The van der Waals surface area contributed by atoms with E-state index in [1.165, 1.54) is 0 Å². The van der Waals surface area contributed by atoms with E-state index in [0.717, 1.165) is 0 Å². The molecule has 0 aliphatic carbocycles. The molecule has 0 saturated carbocycles. The largest absolute Gasteiger partial charge is 0.394 e. The van der Waals surface area contributed by atoms with Crippen LogP contribution >= 0.6 is 0 Å². The highest BCUT2D eigenvalue weighted by Crippen LogP contribution is 1.96. The molecule has 0 aromatic heterocycles. The number of aliphatic hydroxyl groups is 1. The van der Waals surface area contributed by atoms with Gasteiger partial charge in [0.05, 0.1) is 19.9 Å². The van der Waals surface area contributed by atoms with Crippen molar-refractivity contribution in [3.8, 4) is 0 Å². The maximum absolute atomic E-state index is 8.34. The molecule has 3 heteroatoms. The highest BCUT2D eigenvalue weighted by molar-refractivity contribution is 4.67. The molecule has 0 unspecified atom stereocenters. The van der Waals surface area contributed by atoms with Crippen molar-refractivity contribution in [2.75, 3.05) is 19.9 Å². The van der Waals surface area contributed by atoms with Crippen LogP contribution in [-0.4, -0.2) is 30.6 Å². The van der Waals surface area contributed by atoms with Crippen molar-refractivity contribution >= 4 is 0 Å². The molecule has 3 nitrogen and oxygen atoms in total. The van der Waals surface area contributed by atoms with Gasteiger partial charge in [-0.25, -0.2) is 0 Å². The lowest BCUT2D eigenvalue weighted by Gasteiger charge is -2.19. The average Bonchev–Trinajstić information content (AvgIpc) is 1.78. The lowest BCUT2D eigenvalue weighted by atomic mass is 10.1. The van der Waals surface area contributed by atoms with Crippen molar-refractivity contribution in [2.24, 2.45) is 0 Å². The maximum atomic E-state index is 8.34.